The van der Waals surface area contributed by atoms with Gasteiger partial charge in [-0.25, -0.2) is 0 Å². The van der Waals surface area contributed by atoms with Crippen molar-refractivity contribution in [2.75, 3.05) is 12.4 Å². The van der Waals surface area contributed by atoms with Gasteiger partial charge in [0, 0.05) is 11.6 Å². The smallest absolute Gasteiger partial charge is 0.273 e. The van der Waals surface area contributed by atoms with E-state index in [1.165, 1.54) is 25.3 Å². The van der Waals surface area contributed by atoms with E-state index in [0.717, 1.165) is 5.56 Å². The van der Waals surface area contributed by atoms with Gasteiger partial charge < -0.3 is 14.8 Å². The van der Waals surface area contributed by atoms with Crippen molar-refractivity contribution < 1.29 is 19.2 Å². The Labute approximate surface area is 172 Å². The number of rotatable bonds is 7. The lowest BCUT2D eigenvalue weighted by atomic mass is 10.1. The number of anilines is 1. The molecule has 8 heteroatoms. The number of carbonyl (C=O) groups is 1. The number of para-hydroxylation sites is 1. The van der Waals surface area contributed by atoms with Gasteiger partial charge in [0.2, 0.25) is 0 Å². The van der Waals surface area contributed by atoms with E-state index >= 15 is 0 Å². The van der Waals surface area contributed by atoms with Crippen LogP contribution < -0.4 is 14.8 Å². The molecule has 7 nitrogen and oxygen atoms in total. The molecule has 0 saturated carbocycles. The number of non-ortho nitro benzene ring substituents is 1. The van der Waals surface area contributed by atoms with Gasteiger partial charge in [-0.15, -0.1) is 0 Å². The molecule has 0 bridgehead atoms. The van der Waals surface area contributed by atoms with Crippen molar-refractivity contribution in [3.8, 4) is 11.5 Å². The first-order valence-electron chi connectivity index (χ1n) is 8.58. The Bertz CT molecular complexity index is 1050. The molecule has 0 heterocycles. The summed E-state index contributed by atoms with van der Waals surface area (Å²) < 4.78 is 10.8. The Hall–Kier alpha value is -3.58. The summed E-state index contributed by atoms with van der Waals surface area (Å²) in [5.74, 6) is 0.377. The lowest BCUT2D eigenvalue weighted by Crippen LogP contribution is -2.13. The van der Waals surface area contributed by atoms with Gasteiger partial charge in [0.25, 0.3) is 11.6 Å². The summed E-state index contributed by atoms with van der Waals surface area (Å²) in [7, 11) is 1.38. The van der Waals surface area contributed by atoms with Crippen LogP contribution in [-0.4, -0.2) is 17.9 Å². The van der Waals surface area contributed by atoms with Crippen LogP contribution in [0.5, 0.6) is 11.5 Å². The van der Waals surface area contributed by atoms with E-state index in [4.69, 9.17) is 21.1 Å². The molecule has 0 radical (unpaired) electrons. The van der Waals surface area contributed by atoms with Gasteiger partial charge in [0.15, 0.2) is 0 Å². The maximum absolute atomic E-state index is 12.6. The van der Waals surface area contributed by atoms with Gasteiger partial charge in [-0.3, -0.25) is 14.9 Å². The van der Waals surface area contributed by atoms with Crippen LogP contribution in [0, 0.1) is 10.1 Å². The lowest BCUT2D eigenvalue weighted by molar-refractivity contribution is -0.384. The minimum Gasteiger partial charge on any atom is -0.494 e. The van der Waals surface area contributed by atoms with Crippen molar-refractivity contribution in [3.05, 3.63) is 93.0 Å². The molecule has 3 aromatic rings. The third-order valence-corrected chi connectivity index (χ3v) is 4.38. The number of nitrogens with one attached hydrogen (secondary N) is 1. The van der Waals surface area contributed by atoms with Crippen LogP contribution in [0.3, 0.4) is 0 Å². The van der Waals surface area contributed by atoms with Gasteiger partial charge in [0.1, 0.15) is 18.1 Å². The number of carbonyl (C=O) groups excluding carboxylic acids is 1. The van der Waals surface area contributed by atoms with Gasteiger partial charge >= 0.3 is 0 Å². The van der Waals surface area contributed by atoms with Crippen LogP contribution in [0.25, 0.3) is 0 Å². The highest BCUT2D eigenvalue weighted by Gasteiger charge is 2.14. The molecule has 0 fully saturated rings. The second-order valence-electron chi connectivity index (χ2n) is 6.02. The lowest BCUT2D eigenvalue weighted by Gasteiger charge is -2.11. The zero-order chi connectivity index (χ0) is 20.8. The summed E-state index contributed by atoms with van der Waals surface area (Å²) in [6.07, 6.45) is 0. The topological polar surface area (TPSA) is 90.7 Å². The zero-order valence-electron chi connectivity index (χ0n) is 15.4. The normalized spacial score (nSPS) is 10.3. The fourth-order valence-electron chi connectivity index (χ4n) is 2.62. The molecule has 3 aromatic carbocycles. The summed E-state index contributed by atoms with van der Waals surface area (Å²) in [4.78, 5) is 23.0. The van der Waals surface area contributed by atoms with Crippen molar-refractivity contribution in [1.82, 2.24) is 0 Å². The zero-order valence-corrected chi connectivity index (χ0v) is 16.2. The third-order valence-electron chi connectivity index (χ3n) is 4.06. The number of nitro benzene ring substituents is 1. The minimum atomic E-state index is -0.531. The third kappa shape index (κ3) is 5.03. The number of hydrogen-bond acceptors (Lipinski definition) is 5. The van der Waals surface area contributed by atoms with Crippen molar-refractivity contribution in [2.45, 2.75) is 6.61 Å². The number of benzene rings is 3. The molecular weight excluding hydrogens is 396 g/mol. The maximum Gasteiger partial charge on any atom is 0.273 e. The average molecular weight is 413 g/mol. The molecule has 0 unspecified atom stereocenters. The van der Waals surface area contributed by atoms with E-state index in [9.17, 15) is 14.9 Å². The minimum absolute atomic E-state index is 0.126. The van der Waals surface area contributed by atoms with E-state index in [1.54, 1.807) is 30.3 Å². The van der Waals surface area contributed by atoms with E-state index in [0.29, 0.717) is 22.0 Å². The highest BCUT2D eigenvalue weighted by molar-refractivity contribution is 6.32. The SMILES string of the molecule is COc1cc([N+](=O)[O-])ccc1NC(=O)c1cccc(COc2ccccc2Cl)c1. The van der Waals surface area contributed by atoms with Crippen LogP contribution in [0.4, 0.5) is 11.4 Å². The van der Waals surface area contributed by atoms with Crippen molar-refractivity contribution in [3.63, 3.8) is 0 Å². The molecule has 0 saturated heterocycles. The molecule has 0 aliphatic carbocycles. The van der Waals surface area contributed by atoms with E-state index < -0.39 is 4.92 Å². The number of methoxy groups -OCH3 is 1. The summed E-state index contributed by atoms with van der Waals surface area (Å²) in [5.41, 5.74) is 1.40. The molecule has 0 aliphatic rings. The van der Waals surface area contributed by atoms with Crippen LogP contribution >= 0.6 is 11.6 Å². The fraction of sp³-hybridized carbons (Fsp3) is 0.0952. The second-order valence-corrected chi connectivity index (χ2v) is 6.42. The molecule has 0 spiro atoms. The number of amides is 1. The summed E-state index contributed by atoms with van der Waals surface area (Å²) in [6.45, 7) is 0.242. The molecule has 1 N–H and O–H groups in total. The largest absolute Gasteiger partial charge is 0.494 e. The van der Waals surface area contributed by atoms with Crippen molar-refractivity contribution >= 4 is 28.9 Å². The number of ether oxygens (including phenoxy) is 2. The number of nitrogens with zero attached hydrogens (tertiary/aromatic N) is 1. The number of nitro groups is 1. The summed E-state index contributed by atoms with van der Waals surface area (Å²) in [6, 6.07) is 18.0. The number of halogens is 1. The summed E-state index contributed by atoms with van der Waals surface area (Å²) in [5, 5.41) is 14.1. The average Bonchev–Trinajstić information content (AvgIpc) is 2.73. The van der Waals surface area contributed by atoms with Gasteiger partial charge in [-0.2, -0.15) is 0 Å². The Balaban J connectivity index is 1.73. The standard InChI is InChI=1S/C21H17ClN2O5/c1-28-20-12-16(24(26)27)9-10-18(20)23-21(25)15-6-4-5-14(11-15)13-29-19-8-3-2-7-17(19)22/h2-12H,13H2,1H3,(H,23,25). The van der Waals surface area contributed by atoms with Crippen LogP contribution in [0.1, 0.15) is 15.9 Å². The molecule has 148 valence electrons. The van der Waals surface area contributed by atoms with E-state index in [-0.39, 0.29) is 24.0 Å². The molecule has 3 rings (SSSR count). The quantitative estimate of drug-likeness (QED) is 0.431. The number of hydrogen-bond donors (Lipinski definition) is 1. The van der Waals surface area contributed by atoms with Gasteiger partial charge in [-0.1, -0.05) is 35.9 Å². The van der Waals surface area contributed by atoms with Crippen LogP contribution in [-0.2, 0) is 6.61 Å². The predicted octanol–water partition coefficient (Wildman–Crippen LogP) is 5.09. The Kier molecular flexibility index (Phi) is 6.31. The van der Waals surface area contributed by atoms with Gasteiger partial charge in [0.05, 0.1) is 28.8 Å². The highest BCUT2D eigenvalue weighted by Crippen LogP contribution is 2.29. The predicted molar refractivity (Wildman–Crippen MR) is 110 cm³/mol. The summed E-state index contributed by atoms with van der Waals surface area (Å²) >= 11 is 6.08. The Morgan fingerprint density at radius 3 is 2.59 bits per heavy atom. The molecule has 0 aromatic heterocycles. The first-order valence-corrected chi connectivity index (χ1v) is 8.96. The maximum atomic E-state index is 12.6. The van der Waals surface area contributed by atoms with E-state index in [1.807, 2.05) is 18.2 Å². The first-order chi connectivity index (χ1) is 14.0. The van der Waals surface area contributed by atoms with Crippen molar-refractivity contribution in [2.24, 2.45) is 0 Å². The van der Waals surface area contributed by atoms with Crippen LogP contribution in [0.15, 0.2) is 66.7 Å². The first kappa shape index (κ1) is 20.2. The molecule has 0 aliphatic heterocycles. The van der Waals surface area contributed by atoms with E-state index in [2.05, 4.69) is 5.32 Å². The van der Waals surface area contributed by atoms with Crippen molar-refractivity contribution in [1.29, 1.82) is 0 Å². The van der Waals surface area contributed by atoms with Crippen LogP contribution in [0.2, 0.25) is 5.02 Å². The Morgan fingerprint density at radius 2 is 1.86 bits per heavy atom. The Morgan fingerprint density at radius 1 is 1.07 bits per heavy atom. The fourth-order valence-corrected chi connectivity index (χ4v) is 2.81. The monoisotopic (exact) mass is 412 g/mol. The molecular formula is C21H17ClN2O5. The molecule has 1 amide bonds. The molecule has 29 heavy (non-hydrogen) atoms. The second kappa shape index (κ2) is 9.07. The molecule has 0 atom stereocenters. The highest BCUT2D eigenvalue weighted by atomic mass is 35.5. The van der Waals surface area contributed by atoms with Gasteiger partial charge in [-0.05, 0) is 35.9 Å².